The molecule has 1 aromatic heterocycles. The Labute approximate surface area is 135 Å². The molecule has 122 valence electrons. The van der Waals surface area contributed by atoms with Gasteiger partial charge >= 0.3 is 0 Å². The van der Waals surface area contributed by atoms with Crippen molar-refractivity contribution in [2.24, 2.45) is 7.05 Å². The number of carbonyl (C=O) groups is 1. The SMILES string of the molecule is CC(=O)N1CCc2ccc(NS(=O)(=O)c3cnn(C)c3)cc2C1. The van der Waals surface area contributed by atoms with Gasteiger partial charge < -0.3 is 4.90 Å². The van der Waals surface area contributed by atoms with Crippen LogP contribution < -0.4 is 4.72 Å². The molecule has 1 amide bonds. The van der Waals surface area contributed by atoms with Crippen LogP contribution in [-0.2, 0) is 34.8 Å². The quantitative estimate of drug-likeness (QED) is 0.912. The van der Waals surface area contributed by atoms with Crippen LogP contribution in [0, 0.1) is 0 Å². The first-order valence-electron chi connectivity index (χ1n) is 7.24. The van der Waals surface area contributed by atoms with Gasteiger partial charge in [0.2, 0.25) is 5.91 Å². The van der Waals surface area contributed by atoms with E-state index in [1.165, 1.54) is 17.1 Å². The number of aryl methyl sites for hydroxylation is 1. The van der Waals surface area contributed by atoms with Gasteiger partial charge in [0.05, 0.1) is 6.20 Å². The lowest BCUT2D eigenvalue weighted by Crippen LogP contribution is -2.34. The van der Waals surface area contributed by atoms with E-state index < -0.39 is 10.0 Å². The van der Waals surface area contributed by atoms with Crippen LogP contribution in [0.15, 0.2) is 35.5 Å². The van der Waals surface area contributed by atoms with Crippen molar-refractivity contribution in [3.05, 3.63) is 41.7 Å². The highest BCUT2D eigenvalue weighted by Gasteiger charge is 2.20. The van der Waals surface area contributed by atoms with Crippen molar-refractivity contribution in [3.8, 4) is 0 Å². The number of rotatable bonds is 3. The second-order valence-corrected chi connectivity index (χ2v) is 7.31. The van der Waals surface area contributed by atoms with Gasteiger partial charge in [-0.2, -0.15) is 5.10 Å². The molecule has 0 saturated heterocycles. The summed E-state index contributed by atoms with van der Waals surface area (Å²) in [5.41, 5.74) is 2.60. The standard InChI is InChI=1S/C15H18N4O3S/c1-11(20)19-6-5-12-3-4-14(7-13(12)9-19)17-23(21,22)15-8-16-18(2)10-15/h3-4,7-8,10,17H,5-6,9H2,1-2H3. The van der Waals surface area contributed by atoms with Crippen LogP contribution in [0.5, 0.6) is 0 Å². The summed E-state index contributed by atoms with van der Waals surface area (Å²) >= 11 is 0. The Morgan fingerprint density at radius 1 is 1.30 bits per heavy atom. The van der Waals surface area contributed by atoms with E-state index in [0.717, 1.165) is 17.5 Å². The summed E-state index contributed by atoms with van der Waals surface area (Å²) in [6.45, 7) is 2.75. The Balaban J connectivity index is 1.85. The molecule has 2 heterocycles. The zero-order chi connectivity index (χ0) is 16.6. The Morgan fingerprint density at radius 3 is 2.74 bits per heavy atom. The normalized spacial score (nSPS) is 14.4. The fraction of sp³-hybridized carbons (Fsp3) is 0.333. The molecule has 1 N–H and O–H groups in total. The van der Waals surface area contributed by atoms with Gasteiger partial charge in [-0.15, -0.1) is 0 Å². The first-order chi connectivity index (χ1) is 10.8. The molecule has 8 heteroatoms. The average molecular weight is 334 g/mol. The lowest BCUT2D eigenvalue weighted by Gasteiger charge is -2.28. The minimum absolute atomic E-state index is 0.0250. The lowest BCUT2D eigenvalue weighted by atomic mass is 9.99. The summed E-state index contributed by atoms with van der Waals surface area (Å²) in [5.74, 6) is 0.0250. The largest absolute Gasteiger partial charge is 0.338 e. The second-order valence-electron chi connectivity index (χ2n) is 5.63. The Hall–Kier alpha value is -2.35. The van der Waals surface area contributed by atoms with Gasteiger partial charge in [-0.1, -0.05) is 6.07 Å². The van der Waals surface area contributed by atoms with E-state index in [4.69, 9.17) is 0 Å². The Bertz CT molecular complexity index is 857. The van der Waals surface area contributed by atoms with E-state index in [-0.39, 0.29) is 10.8 Å². The number of anilines is 1. The molecule has 0 bridgehead atoms. The second kappa shape index (κ2) is 5.69. The summed E-state index contributed by atoms with van der Waals surface area (Å²) < 4.78 is 28.6. The average Bonchev–Trinajstić information content (AvgIpc) is 2.93. The third-order valence-corrected chi connectivity index (χ3v) is 5.24. The maximum Gasteiger partial charge on any atom is 0.265 e. The van der Waals surface area contributed by atoms with E-state index in [9.17, 15) is 13.2 Å². The number of benzene rings is 1. The molecule has 23 heavy (non-hydrogen) atoms. The zero-order valence-electron chi connectivity index (χ0n) is 13.0. The highest BCUT2D eigenvalue weighted by molar-refractivity contribution is 7.92. The number of fused-ring (bicyclic) bond motifs is 1. The van der Waals surface area contributed by atoms with Gasteiger partial charge in [0.25, 0.3) is 10.0 Å². The van der Waals surface area contributed by atoms with Crippen LogP contribution in [0.25, 0.3) is 0 Å². The Morgan fingerprint density at radius 2 is 2.09 bits per heavy atom. The molecule has 2 aromatic rings. The molecule has 1 aliphatic rings. The molecule has 3 rings (SSSR count). The predicted octanol–water partition coefficient (Wildman–Crippen LogP) is 1.13. The number of hydrogen-bond acceptors (Lipinski definition) is 4. The summed E-state index contributed by atoms with van der Waals surface area (Å²) in [6.07, 6.45) is 3.53. The van der Waals surface area contributed by atoms with E-state index in [1.807, 2.05) is 6.07 Å². The molecule has 0 aliphatic carbocycles. The smallest absolute Gasteiger partial charge is 0.265 e. The van der Waals surface area contributed by atoms with E-state index in [1.54, 1.807) is 31.0 Å². The lowest BCUT2D eigenvalue weighted by molar-refractivity contribution is -0.129. The zero-order valence-corrected chi connectivity index (χ0v) is 13.8. The minimum atomic E-state index is -3.66. The third kappa shape index (κ3) is 3.21. The van der Waals surface area contributed by atoms with Crippen LogP contribution in [0.3, 0.4) is 0 Å². The highest BCUT2D eigenvalue weighted by Crippen LogP contribution is 2.24. The molecule has 1 aliphatic heterocycles. The van der Waals surface area contributed by atoms with Crippen LogP contribution in [0.1, 0.15) is 18.1 Å². The predicted molar refractivity (Wildman–Crippen MR) is 85.3 cm³/mol. The van der Waals surface area contributed by atoms with Crippen molar-refractivity contribution < 1.29 is 13.2 Å². The van der Waals surface area contributed by atoms with Gasteiger partial charge in [-0.05, 0) is 29.7 Å². The topological polar surface area (TPSA) is 84.3 Å². The molecular formula is C15H18N4O3S. The number of amides is 1. The van der Waals surface area contributed by atoms with Crippen molar-refractivity contribution >= 4 is 21.6 Å². The number of hydrogen-bond donors (Lipinski definition) is 1. The van der Waals surface area contributed by atoms with Gasteiger partial charge in [0, 0.05) is 38.9 Å². The molecule has 0 radical (unpaired) electrons. The summed E-state index contributed by atoms with van der Waals surface area (Å²) in [5, 5.41) is 3.88. The molecule has 0 unspecified atom stereocenters. The maximum atomic E-state index is 12.3. The van der Waals surface area contributed by atoms with Gasteiger partial charge in [0.1, 0.15) is 4.90 Å². The number of sulfonamides is 1. The van der Waals surface area contributed by atoms with Crippen molar-refractivity contribution in [2.45, 2.75) is 24.8 Å². The number of aromatic nitrogens is 2. The first kappa shape index (κ1) is 15.5. The molecule has 0 spiro atoms. The molecule has 0 fully saturated rings. The fourth-order valence-electron chi connectivity index (χ4n) is 2.64. The van der Waals surface area contributed by atoms with Gasteiger partial charge in [-0.3, -0.25) is 14.2 Å². The van der Waals surface area contributed by atoms with Gasteiger partial charge in [-0.25, -0.2) is 8.42 Å². The molecule has 0 saturated carbocycles. The van der Waals surface area contributed by atoms with E-state index in [0.29, 0.717) is 18.8 Å². The van der Waals surface area contributed by atoms with E-state index in [2.05, 4.69) is 9.82 Å². The number of carbonyl (C=O) groups excluding carboxylic acids is 1. The number of nitrogens with zero attached hydrogens (tertiary/aromatic N) is 3. The first-order valence-corrected chi connectivity index (χ1v) is 8.72. The van der Waals surface area contributed by atoms with E-state index >= 15 is 0 Å². The van der Waals surface area contributed by atoms with Crippen molar-refractivity contribution in [3.63, 3.8) is 0 Å². The van der Waals surface area contributed by atoms with Crippen LogP contribution in [-0.4, -0.2) is 35.6 Å². The van der Waals surface area contributed by atoms with Crippen LogP contribution >= 0.6 is 0 Å². The Kier molecular flexibility index (Phi) is 3.85. The summed E-state index contributed by atoms with van der Waals surface area (Å²) in [7, 11) is -2.00. The molecule has 0 atom stereocenters. The van der Waals surface area contributed by atoms with Gasteiger partial charge in [0.15, 0.2) is 0 Å². The minimum Gasteiger partial charge on any atom is -0.338 e. The summed E-state index contributed by atoms with van der Waals surface area (Å²) in [4.78, 5) is 13.4. The molecular weight excluding hydrogens is 316 g/mol. The third-order valence-electron chi connectivity index (χ3n) is 3.91. The number of nitrogens with one attached hydrogen (secondary N) is 1. The fourth-order valence-corrected chi connectivity index (χ4v) is 3.67. The van der Waals surface area contributed by atoms with Crippen LogP contribution in [0.2, 0.25) is 0 Å². The monoisotopic (exact) mass is 334 g/mol. The molecule has 1 aromatic carbocycles. The van der Waals surface area contributed by atoms with Crippen molar-refractivity contribution in [1.82, 2.24) is 14.7 Å². The summed E-state index contributed by atoms with van der Waals surface area (Å²) in [6, 6.07) is 5.45. The highest BCUT2D eigenvalue weighted by atomic mass is 32.2. The van der Waals surface area contributed by atoms with Crippen molar-refractivity contribution in [2.75, 3.05) is 11.3 Å². The maximum absolute atomic E-state index is 12.3. The van der Waals surface area contributed by atoms with Crippen LogP contribution in [0.4, 0.5) is 5.69 Å². The van der Waals surface area contributed by atoms with Crippen molar-refractivity contribution in [1.29, 1.82) is 0 Å². The molecule has 7 nitrogen and oxygen atoms in total.